The maximum Gasteiger partial charge on any atom is 0.330 e. The Hall–Kier alpha value is -3.69. The normalized spacial score (nSPS) is 17.8. The lowest BCUT2D eigenvalue weighted by atomic mass is 9.82. The first-order chi connectivity index (χ1) is 17.2. The van der Waals surface area contributed by atoms with Crippen LogP contribution in [0.15, 0.2) is 36.9 Å². The van der Waals surface area contributed by atoms with Gasteiger partial charge in [0.15, 0.2) is 0 Å². The summed E-state index contributed by atoms with van der Waals surface area (Å²) in [7, 11) is 0. The van der Waals surface area contributed by atoms with Crippen molar-refractivity contribution in [3.05, 3.63) is 42.5 Å². The van der Waals surface area contributed by atoms with Crippen LogP contribution >= 0.6 is 0 Å². The van der Waals surface area contributed by atoms with Crippen LogP contribution < -0.4 is 4.74 Å². The van der Waals surface area contributed by atoms with E-state index >= 15 is 0 Å². The zero-order valence-electron chi connectivity index (χ0n) is 20.3. The summed E-state index contributed by atoms with van der Waals surface area (Å²) in [5, 5.41) is 9.05. The van der Waals surface area contributed by atoms with Crippen molar-refractivity contribution in [3.63, 3.8) is 0 Å². The number of esters is 4. The summed E-state index contributed by atoms with van der Waals surface area (Å²) < 4.78 is 20.4. The molecule has 2 rings (SSSR count). The first kappa shape index (κ1) is 28.5. The maximum absolute atomic E-state index is 12.3. The van der Waals surface area contributed by atoms with Crippen LogP contribution in [0.3, 0.4) is 0 Å². The molecule has 0 bridgehead atoms. The van der Waals surface area contributed by atoms with Crippen molar-refractivity contribution in [2.24, 2.45) is 11.8 Å². The van der Waals surface area contributed by atoms with Crippen LogP contribution in [-0.4, -0.2) is 54.3 Å². The minimum atomic E-state index is -0.819. The van der Waals surface area contributed by atoms with Crippen LogP contribution in [0.5, 0.6) is 5.75 Å². The number of carboxylic acids is 1. The molecule has 0 radical (unpaired) electrons. The Kier molecular flexibility index (Phi) is 11.6. The molecule has 196 valence electrons. The topological polar surface area (TPSA) is 142 Å². The van der Waals surface area contributed by atoms with Crippen molar-refractivity contribution in [2.45, 2.75) is 58.0 Å². The molecule has 0 heterocycles. The summed E-state index contributed by atoms with van der Waals surface area (Å²) >= 11 is 0. The second-order valence-corrected chi connectivity index (χ2v) is 8.56. The largest absolute Gasteiger partial charge is 0.481 e. The Balaban J connectivity index is 1.62. The number of carbonyl (C=O) groups excluding carboxylic acids is 4. The van der Waals surface area contributed by atoms with Gasteiger partial charge in [-0.1, -0.05) is 18.7 Å². The van der Waals surface area contributed by atoms with Gasteiger partial charge in [-0.3, -0.25) is 19.2 Å². The molecule has 1 aliphatic carbocycles. The molecule has 36 heavy (non-hydrogen) atoms. The average Bonchev–Trinajstić information content (AvgIpc) is 2.87. The third-order valence-electron chi connectivity index (χ3n) is 5.70. The van der Waals surface area contributed by atoms with Crippen LogP contribution in [0.25, 0.3) is 0 Å². The van der Waals surface area contributed by atoms with E-state index in [1.165, 1.54) is 0 Å². The van der Waals surface area contributed by atoms with Gasteiger partial charge in [-0.15, -0.1) is 0 Å². The van der Waals surface area contributed by atoms with Crippen molar-refractivity contribution in [1.29, 1.82) is 0 Å². The second-order valence-electron chi connectivity index (χ2n) is 8.56. The highest BCUT2D eigenvalue weighted by molar-refractivity contribution is 5.81. The zero-order valence-corrected chi connectivity index (χ0v) is 20.3. The highest BCUT2D eigenvalue weighted by Crippen LogP contribution is 2.30. The molecule has 1 saturated carbocycles. The maximum atomic E-state index is 12.3. The number of aliphatic carboxylic acids is 1. The van der Waals surface area contributed by atoms with Gasteiger partial charge >= 0.3 is 29.8 Å². The van der Waals surface area contributed by atoms with Crippen LogP contribution in [0.1, 0.15) is 51.0 Å². The molecule has 0 amide bonds. The van der Waals surface area contributed by atoms with E-state index in [1.54, 1.807) is 31.2 Å². The lowest BCUT2D eigenvalue weighted by molar-refractivity contribution is -0.157. The highest BCUT2D eigenvalue weighted by Gasteiger charge is 2.30. The van der Waals surface area contributed by atoms with Crippen LogP contribution in [0, 0.1) is 11.8 Å². The fourth-order valence-electron chi connectivity index (χ4n) is 3.63. The first-order valence-electron chi connectivity index (χ1n) is 11.9. The first-order valence-corrected chi connectivity index (χ1v) is 11.9. The number of carboxylic acid groups (broad SMARTS) is 1. The van der Waals surface area contributed by atoms with E-state index in [0.717, 1.165) is 11.6 Å². The Bertz CT molecular complexity index is 929. The summed E-state index contributed by atoms with van der Waals surface area (Å²) in [5.41, 5.74) is 0.867. The quantitative estimate of drug-likeness (QED) is 0.184. The molecule has 1 atom stereocenters. The molecule has 0 spiro atoms. The molecular formula is C26H32O10. The van der Waals surface area contributed by atoms with Gasteiger partial charge in [0.25, 0.3) is 0 Å². The van der Waals surface area contributed by atoms with Gasteiger partial charge in [0.05, 0.1) is 31.3 Å². The number of hydrogen-bond acceptors (Lipinski definition) is 9. The van der Waals surface area contributed by atoms with Crippen molar-refractivity contribution in [3.8, 4) is 5.75 Å². The van der Waals surface area contributed by atoms with Gasteiger partial charge in [-0.25, -0.2) is 4.79 Å². The standard InChI is InChI=1S/C26H32O10/c1-3-22(27)34-16-17(2)35-24(29)13-12-23(28)33-15-14-18-4-10-21(11-5-18)36-26(32)20-8-6-19(7-9-20)25(30)31/h3-5,10-11,17,19-20H,1,6-9,12-16H2,2H3,(H,30,31). The van der Waals surface area contributed by atoms with Gasteiger partial charge in [0, 0.05) is 12.5 Å². The lowest BCUT2D eigenvalue weighted by Gasteiger charge is -2.24. The minimum absolute atomic E-state index is 0.104. The van der Waals surface area contributed by atoms with Gasteiger partial charge in [0.1, 0.15) is 18.5 Å². The van der Waals surface area contributed by atoms with Crippen LogP contribution in [0.4, 0.5) is 0 Å². The van der Waals surface area contributed by atoms with Gasteiger partial charge in [0.2, 0.25) is 0 Å². The van der Waals surface area contributed by atoms with Crippen LogP contribution in [-0.2, 0) is 44.6 Å². The predicted octanol–water partition coefficient (Wildman–Crippen LogP) is 3.01. The summed E-state index contributed by atoms with van der Waals surface area (Å²) in [6, 6.07) is 6.83. The summed E-state index contributed by atoms with van der Waals surface area (Å²) in [6.07, 6.45) is 2.45. The van der Waals surface area contributed by atoms with Crippen molar-refractivity contribution >= 4 is 29.8 Å². The van der Waals surface area contributed by atoms with E-state index in [4.69, 9.17) is 24.1 Å². The van der Waals surface area contributed by atoms with Crippen LogP contribution in [0.2, 0.25) is 0 Å². The van der Waals surface area contributed by atoms with Crippen molar-refractivity contribution < 1.29 is 48.0 Å². The average molecular weight is 505 g/mol. The SMILES string of the molecule is C=CC(=O)OCC(C)OC(=O)CCC(=O)OCCc1ccc(OC(=O)C2CCC(C(=O)O)CC2)cc1. The third kappa shape index (κ3) is 10.3. The molecule has 1 unspecified atom stereocenters. The molecule has 1 N–H and O–H groups in total. The minimum Gasteiger partial charge on any atom is -0.481 e. The van der Waals surface area contributed by atoms with E-state index in [9.17, 15) is 24.0 Å². The lowest BCUT2D eigenvalue weighted by Crippen LogP contribution is -2.28. The fourth-order valence-corrected chi connectivity index (χ4v) is 3.63. The second kappa shape index (κ2) is 14.7. The number of carbonyl (C=O) groups is 5. The molecule has 0 saturated heterocycles. The number of rotatable bonds is 13. The van der Waals surface area contributed by atoms with E-state index in [0.29, 0.717) is 37.9 Å². The van der Waals surface area contributed by atoms with Crippen molar-refractivity contribution in [2.75, 3.05) is 13.2 Å². The van der Waals surface area contributed by atoms with E-state index < -0.39 is 30.0 Å². The van der Waals surface area contributed by atoms with E-state index in [1.807, 2.05) is 0 Å². The van der Waals surface area contributed by atoms with E-state index in [2.05, 4.69) is 6.58 Å². The molecule has 10 nitrogen and oxygen atoms in total. The number of benzene rings is 1. The zero-order chi connectivity index (χ0) is 26.5. The van der Waals surface area contributed by atoms with Gasteiger partial charge < -0.3 is 24.1 Å². The monoisotopic (exact) mass is 504 g/mol. The smallest absolute Gasteiger partial charge is 0.330 e. The molecular weight excluding hydrogens is 472 g/mol. The molecule has 0 aromatic heterocycles. The van der Waals surface area contributed by atoms with Gasteiger partial charge in [-0.05, 0) is 50.3 Å². The predicted molar refractivity (Wildman–Crippen MR) is 126 cm³/mol. The Morgan fingerprint density at radius 2 is 1.58 bits per heavy atom. The summed E-state index contributed by atoms with van der Waals surface area (Å²) in [5.74, 6) is -3.22. The van der Waals surface area contributed by atoms with Gasteiger partial charge in [-0.2, -0.15) is 0 Å². The fraction of sp³-hybridized carbons (Fsp3) is 0.500. The third-order valence-corrected chi connectivity index (χ3v) is 5.70. The molecule has 1 aromatic rings. The summed E-state index contributed by atoms with van der Waals surface area (Å²) in [4.78, 5) is 58.0. The molecule has 10 heteroatoms. The summed E-state index contributed by atoms with van der Waals surface area (Å²) in [6.45, 7) is 4.84. The Morgan fingerprint density at radius 3 is 2.19 bits per heavy atom. The molecule has 1 aromatic carbocycles. The number of hydrogen-bond donors (Lipinski definition) is 1. The Labute approximate surface area is 209 Å². The van der Waals surface area contributed by atoms with Crippen molar-refractivity contribution in [1.82, 2.24) is 0 Å². The van der Waals surface area contributed by atoms with E-state index in [-0.39, 0.29) is 43.9 Å². The highest BCUT2D eigenvalue weighted by atomic mass is 16.6. The Morgan fingerprint density at radius 1 is 0.972 bits per heavy atom. The number of ether oxygens (including phenoxy) is 4. The molecule has 1 aliphatic rings. The molecule has 0 aliphatic heterocycles. The molecule has 1 fully saturated rings.